The number of amides is 1. The summed E-state index contributed by atoms with van der Waals surface area (Å²) in [4.78, 5) is 15.2. The zero-order chi connectivity index (χ0) is 19.3. The first kappa shape index (κ1) is 17.9. The number of likely N-dealkylation sites (N-methyl/N-ethyl adjacent to an activating group) is 1. The van der Waals surface area contributed by atoms with Crippen molar-refractivity contribution in [1.29, 1.82) is 0 Å². The maximum Gasteiger partial charge on any atom is 0.251 e. The molecule has 0 aliphatic carbocycles. The number of carbonyl (C=O) groups is 1. The van der Waals surface area contributed by atoms with Gasteiger partial charge in [0.05, 0.1) is 0 Å². The summed E-state index contributed by atoms with van der Waals surface area (Å²) in [5, 5.41) is 3.03. The molecule has 0 saturated heterocycles. The average molecular weight is 374 g/mol. The van der Waals surface area contributed by atoms with E-state index in [2.05, 4.69) is 5.32 Å². The largest absolute Gasteiger partial charge is 0.486 e. The Bertz CT molecular complexity index is 945. The molecule has 5 heteroatoms. The van der Waals surface area contributed by atoms with Crippen molar-refractivity contribution in [3.8, 4) is 11.5 Å². The highest BCUT2D eigenvalue weighted by Gasteiger charge is 2.26. The molecule has 0 radical (unpaired) electrons. The van der Waals surface area contributed by atoms with Crippen LogP contribution in [0.4, 0.5) is 11.4 Å². The Morgan fingerprint density at radius 2 is 1.54 bits per heavy atom. The first-order valence-corrected chi connectivity index (χ1v) is 9.26. The van der Waals surface area contributed by atoms with E-state index in [1.54, 1.807) is 6.07 Å². The number of anilines is 2. The first-order chi connectivity index (χ1) is 13.7. The number of hydrogen-bond donors (Lipinski definition) is 1. The van der Waals surface area contributed by atoms with Gasteiger partial charge < -0.3 is 19.7 Å². The van der Waals surface area contributed by atoms with E-state index in [1.807, 2.05) is 84.7 Å². The van der Waals surface area contributed by atoms with Gasteiger partial charge in [-0.3, -0.25) is 4.79 Å². The smallest absolute Gasteiger partial charge is 0.251 e. The van der Waals surface area contributed by atoms with Gasteiger partial charge in [-0.05, 0) is 29.8 Å². The Hall–Kier alpha value is -3.47. The van der Waals surface area contributed by atoms with E-state index in [0.717, 1.165) is 11.3 Å². The number of hydrogen-bond acceptors (Lipinski definition) is 4. The van der Waals surface area contributed by atoms with Crippen molar-refractivity contribution < 1.29 is 14.3 Å². The highest BCUT2D eigenvalue weighted by Crippen LogP contribution is 2.33. The number of benzene rings is 3. The third-order valence-electron chi connectivity index (χ3n) is 4.72. The van der Waals surface area contributed by atoms with Gasteiger partial charge in [-0.15, -0.1) is 0 Å². The van der Waals surface area contributed by atoms with Gasteiger partial charge in [0.2, 0.25) is 0 Å². The zero-order valence-electron chi connectivity index (χ0n) is 15.7. The molecule has 1 amide bonds. The molecule has 1 heterocycles. The van der Waals surface area contributed by atoms with Crippen molar-refractivity contribution in [1.82, 2.24) is 0 Å². The molecular formula is C23H22N2O3. The molecule has 0 bridgehead atoms. The number of para-hydroxylation sites is 1. The minimum atomic E-state index is -0.475. The maximum absolute atomic E-state index is 13.3. The third-order valence-corrected chi connectivity index (χ3v) is 4.72. The van der Waals surface area contributed by atoms with Gasteiger partial charge >= 0.3 is 0 Å². The standard InChI is InChI=1S/C23H22N2O3/c1-25(19-10-6-3-7-11-19)22(17-8-4-2-5-9-17)23(26)24-18-12-13-20-21(16-18)28-15-14-27-20/h2-13,16,22H,14-15H2,1H3,(H,24,26). The Morgan fingerprint density at radius 3 is 2.25 bits per heavy atom. The second kappa shape index (κ2) is 8.05. The zero-order valence-corrected chi connectivity index (χ0v) is 15.7. The van der Waals surface area contributed by atoms with Crippen molar-refractivity contribution >= 4 is 17.3 Å². The highest BCUT2D eigenvalue weighted by molar-refractivity contribution is 5.97. The maximum atomic E-state index is 13.3. The second-order valence-electron chi connectivity index (χ2n) is 6.61. The molecule has 5 nitrogen and oxygen atoms in total. The number of carbonyl (C=O) groups excluding carboxylic acids is 1. The first-order valence-electron chi connectivity index (χ1n) is 9.26. The predicted molar refractivity (Wildman–Crippen MR) is 110 cm³/mol. The van der Waals surface area contributed by atoms with E-state index in [0.29, 0.717) is 30.4 Å². The molecule has 0 saturated carbocycles. The normalized spacial score (nSPS) is 13.5. The Labute approximate surface area is 164 Å². The van der Waals surface area contributed by atoms with E-state index in [9.17, 15) is 4.79 Å². The van der Waals surface area contributed by atoms with Crippen LogP contribution in [0.15, 0.2) is 78.9 Å². The number of nitrogens with one attached hydrogen (secondary N) is 1. The topological polar surface area (TPSA) is 50.8 Å². The molecule has 3 aromatic rings. The summed E-state index contributed by atoms with van der Waals surface area (Å²) in [6, 6.07) is 24.6. The molecule has 0 spiro atoms. The highest BCUT2D eigenvalue weighted by atomic mass is 16.6. The fourth-order valence-corrected chi connectivity index (χ4v) is 3.33. The minimum absolute atomic E-state index is 0.116. The lowest BCUT2D eigenvalue weighted by Gasteiger charge is -2.29. The molecule has 3 aromatic carbocycles. The molecule has 28 heavy (non-hydrogen) atoms. The van der Waals surface area contributed by atoms with Crippen LogP contribution in [0.5, 0.6) is 11.5 Å². The van der Waals surface area contributed by atoms with Crippen LogP contribution in [0.3, 0.4) is 0 Å². The van der Waals surface area contributed by atoms with E-state index in [4.69, 9.17) is 9.47 Å². The lowest BCUT2D eigenvalue weighted by atomic mass is 10.0. The van der Waals surface area contributed by atoms with Crippen LogP contribution in [0, 0.1) is 0 Å². The molecule has 1 unspecified atom stereocenters. The van der Waals surface area contributed by atoms with Gasteiger partial charge in [0.15, 0.2) is 11.5 Å². The summed E-state index contributed by atoms with van der Waals surface area (Å²) in [5.41, 5.74) is 2.56. The Morgan fingerprint density at radius 1 is 0.893 bits per heavy atom. The van der Waals surface area contributed by atoms with E-state index in [1.165, 1.54) is 0 Å². The van der Waals surface area contributed by atoms with Crippen LogP contribution < -0.4 is 19.7 Å². The Balaban J connectivity index is 1.62. The van der Waals surface area contributed by atoms with Gasteiger partial charge in [-0.25, -0.2) is 0 Å². The summed E-state index contributed by atoms with van der Waals surface area (Å²) in [5.74, 6) is 1.23. The van der Waals surface area contributed by atoms with Crippen LogP contribution in [-0.4, -0.2) is 26.2 Å². The van der Waals surface area contributed by atoms with Crippen molar-refractivity contribution in [2.75, 3.05) is 30.5 Å². The van der Waals surface area contributed by atoms with Gasteiger partial charge in [0.25, 0.3) is 5.91 Å². The van der Waals surface area contributed by atoms with Crippen molar-refractivity contribution in [3.05, 3.63) is 84.4 Å². The monoisotopic (exact) mass is 374 g/mol. The van der Waals surface area contributed by atoms with E-state index in [-0.39, 0.29) is 5.91 Å². The quantitative estimate of drug-likeness (QED) is 0.724. The summed E-state index contributed by atoms with van der Waals surface area (Å²) in [6.07, 6.45) is 0. The number of nitrogens with zero attached hydrogens (tertiary/aromatic N) is 1. The third kappa shape index (κ3) is 3.78. The molecule has 1 N–H and O–H groups in total. The molecule has 1 atom stereocenters. The molecular weight excluding hydrogens is 352 g/mol. The van der Waals surface area contributed by atoms with E-state index >= 15 is 0 Å². The number of ether oxygens (including phenoxy) is 2. The summed E-state index contributed by atoms with van der Waals surface area (Å²) < 4.78 is 11.2. The average Bonchev–Trinajstić information content (AvgIpc) is 2.75. The van der Waals surface area contributed by atoms with Gasteiger partial charge in [0.1, 0.15) is 19.3 Å². The fourth-order valence-electron chi connectivity index (χ4n) is 3.33. The molecule has 142 valence electrons. The fraction of sp³-hybridized carbons (Fsp3) is 0.174. The summed E-state index contributed by atoms with van der Waals surface area (Å²) >= 11 is 0. The van der Waals surface area contributed by atoms with Crippen LogP contribution >= 0.6 is 0 Å². The van der Waals surface area contributed by atoms with Gasteiger partial charge in [-0.1, -0.05) is 48.5 Å². The molecule has 1 aliphatic heterocycles. The second-order valence-corrected chi connectivity index (χ2v) is 6.61. The van der Waals surface area contributed by atoms with Crippen molar-refractivity contribution in [2.45, 2.75) is 6.04 Å². The van der Waals surface area contributed by atoms with Crippen LogP contribution in [0.2, 0.25) is 0 Å². The lowest BCUT2D eigenvalue weighted by Crippen LogP contribution is -2.34. The van der Waals surface area contributed by atoms with Crippen molar-refractivity contribution in [3.63, 3.8) is 0 Å². The summed E-state index contributed by atoms with van der Waals surface area (Å²) in [7, 11) is 1.93. The van der Waals surface area contributed by atoms with Crippen LogP contribution in [0.1, 0.15) is 11.6 Å². The van der Waals surface area contributed by atoms with Crippen LogP contribution in [-0.2, 0) is 4.79 Å². The van der Waals surface area contributed by atoms with E-state index < -0.39 is 6.04 Å². The molecule has 0 fully saturated rings. The Kier molecular flexibility index (Phi) is 5.15. The molecule has 4 rings (SSSR count). The number of rotatable bonds is 5. The van der Waals surface area contributed by atoms with Crippen molar-refractivity contribution in [2.24, 2.45) is 0 Å². The minimum Gasteiger partial charge on any atom is -0.486 e. The molecule has 0 aromatic heterocycles. The molecule has 1 aliphatic rings. The van der Waals surface area contributed by atoms with Crippen LogP contribution in [0.25, 0.3) is 0 Å². The number of fused-ring (bicyclic) bond motifs is 1. The lowest BCUT2D eigenvalue weighted by molar-refractivity contribution is -0.117. The summed E-state index contributed by atoms with van der Waals surface area (Å²) in [6.45, 7) is 1.05. The van der Waals surface area contributed by atoms with Gasteiger partial charge in [0, 0.05) is 24.5 Å². The van der Waals surface area contributed by atoms with Gasteiger partial charge in [-0.2, -0.15) is 0 Å². The predicted octanol–water partition coefficient (Wildman–Crippen LogP) is 4.27. The SMILES string of the molecule is CN(c1ccccc1)C(C(=O)Nc1ccc2c(c1)OCCO2)c1ccccc1.